The van der Waals surface area contributed by atoms with Crippen molar-refractivity contribution in [1.29, 1.82) is 0 Å². The van der Waals surface area contributed by atoms with Gasteiger partial charge in [0.05, 0.1) is 0 Å². The smallest absolute Gasteiger partial charge is 0.0481 e. The monoisotopic (exact) mass is 702 g/mol. The van der Waals surface area contributed by atoms with Crippen LogP contribution in [0.3, 0.4) is 0 Å². The van der Waals surface area contributed by atoms with Gasteiger partial charge in [-0.1, -0.05) is 115 Å². The molecule has 4 nitrogen and oxygen atoms in total. The molecule has 266 valence electrons. The number of anilines is 8. The highest BCUT2D eigenvalue weighted by Crippen LogP contribution is 2.32. The molecule has 0 aliphatic heterocycles. The summed E-state index contributed by atoms with van der Waals surface area (Å²) in [5.74, 6) is 0. The molecular formula is C50H46N4. The minimum atomic E-state index is 1.13. The van der Waals surface area contributed by atoms with E-state index < -0.39 is 0 Å². The zero-order valence-corrected chi connectivity index (χ0v) is 31.4. The molecule has 7 aromatic rings. The molecule has 0 aliphatic rings. The minimum Gasteiger partial charge on any atom is -0.345 e. The van der Waals surface area contributed by atoms with Crippen molar-refractivity contribution in [3.8, 4) is 0 Å². The second kappa shape index (κ2) is 16.7. The first-order valence-electron chi connectivity index (χ1n) is 18.3. The molecule has 0 aromatic heterocycles. The molecule has 7 rings (SSSR count). The fourth-order valence-corrected chi connectivity index (χ4v) is 6.56. The lowest BCUT2D eigenvalue weighted by atomic mass is 10.1. The van der Waals surface area contributed by atoms with Crippen molar-refractivity contribution in [2.45, 2.75) is 0 Å². The Kier molecular flexibility index (Phi) is 11.0. The van der Waals surface area contributed by atoms with Crippen LogP contribution in [0.5, 0.6) is 0 Å². The zero-order valence-electron chi connectivity index (χ0n) is 31.4. The predicted octanol–water partition coefficient (Wildman–Crippen LogP) is 13.1. The molecule has 0 amide bonds. The van der Waals surface area contributed by atoms with E-state index >= 15 is 0 Å². The Hall–Kier alpha value is -6.78. The van der Waals surface area contributed by atoms with Gasteiger partial charge < -0.3 is 19.6 Å². The summed E-state index contributed by atoms with van der Waals surface area (Å²) in [5.41, 5.74) is 13.8. The van der Waals surface area contributed by atoms with Crippen LogP contribution >= 0.6 is 0 Å². The second-order valence-corrected chi connectivity index (χ2v) is 13.4. The number of hydrogen-bond acceptors (Lipinski definition) is 4. The Labute approximate surface area is 320 Å². The maximum absolute atomic E-state index is 2.24. The Morgan fingerprint density at radius 1 is 0.278 bits per heavy atom. The number of para-hydroxylation sites is 3. The molecule has 0 atom stereocenters. The fourth-order valence-electron chi connectivity index (χ4n) is 6.56. The highest BCUT2D eigenvalue weighted by atomic mass is 15.1. The Bertz CT molecular complexity index is 2310. The first-order chi connectivity index (χ1) is 26.4. The third-order valence-electron chi connectivity index (χ3n) is 9.95. The number of rotatable bonds is 12. The molecule has 54 heavy (non-hydrogen) atoms. The standard InChI is InChI=1S/C50H46N4/c1-51(43-16-7-5-8-17-43)45-30-32-47(33-31-45)53(3)49-20-13-14-41(38-49)27-26-39-22-24-40(25-23-39)28-29-42-15-11-12-21-50(42)54(4)48-36-34-46(35-37-48)52(2)44-18-9-6-10-19-44/h5-38H,1-4H3/b27-26+,29-28+. The highest BCUT2D eigenvalue weighted by molar-refractivity contribution is 5.81. The van der Waals surface area contributed by atoms with E-state index in [9.17, 15) is 0 Å². The number of hydrogen-bond donors (Lipinski definition) is 0. The van der Waals surface area contributed by atoms with Crippen LogP contribution in [-0.2, 0) is 0 Å². The SMILES string of the molecule is CN(c1ccccc1)c1ccc(N(C)c2cccc(/C=C/c3ccc(/C=C/c4ccccc4N(C)c4ccc(N(C)c5ccccc5)cc4)cc3)c2)cc1. The summed E-state index contributed by atoms with van der Waals surface area (Å²) in [5, 5.41) is 0. The number of benzene rings is 7. The summed E-state index contributed by atoms with van der Waals surface area (Å²) in [6.07, 6.45) is 8.74. The van der Waals surface area contributed by atoms with Crippen LogP contribution in [0.2, 0.25) is 0 Å². The van der Waals surface area contributed by atoms with Gasteiger partial charge in [0.15, 0.2) is 0 Å². The summed E-state index contributed by atoms with van der Waals surface area (Å²) < 4.78 is 0. The quantitative estimate of drug-likeness (QED) is 0.118. The lowest BCUT2D eigenvalue weighted by Crippen LogP contribution is -2.12. The first-order valence-corrected chi connectivity index (χ1v) is 18.3. The van der Waals surface area contributed by atoms with Gasteiger partial charge >= 0.3 is 0 Å². The summed E-state index contributed by atoms with van der Waals surface area (Å²) in [4.78, 5) is 8.87. The van der Waals surface area contributed by atoms with Crippen LogP contribution < -0.4 is 19.6 Å². The Morgan fingerprint density at radius 3 is 1.17 bits per heavy atom. The molecule has 0 N–H and O–H groups in total. The van der Waals surface area contributed by atoms with Crippen molar-refractivity contribution in [2.75, 3.05) is 47.8 Å². The van der Waals surface area contributed by atoms with Crippen LogP contribution in [0.1, 0.15) is 22.3 Å². The van der Waals surface area contributed by atoms with Crippen molar-refractivity contribution in [2.24, 2.45) is 0 Å². The fraction of sp³-hybridized carbons (Fsp3) is 0.0800. The lowest BCUT2D eigenvalue weighted by Gasteiger charge is -2.24. The molecule has 0 fully saturated rings. The van der Waals surface area contributed by atoms with E-state index in [0.29, 0.717) is 0 Å². The highest BCUT2D eigenvalue weighted by Gasteiger charge is 2.10. The molecule has 0 heterocycles. The first kappa shape index (κ1) is 35.6. The average Bonchev–Trinajstić information content (AvgIpc) is 3.25. The number of nitrogens with zero attached hydrogens (tertiary/aromatic N) is 4. The third kappa shape index (κ3) is 8.46. The van der Waals surface area contributed by atoms with E-state index in [1.165, 1.54) is 5.69 Å². The van der Waals surface area contributed by atoms with Crippen molar-refractivity contribution < 1.29 is 0 Å². The van der Waals surface area contributed by atoms with Crippen molar-refractivity contribution in [3.05, 3.63) is 204 Å². The molecule has 0 bridgehead atoms. The summed E-state index contributed by atoms with van der Waals surface area (Å²) in [6.45, 7) is 0. The van der Waals surface area contributed by atoms with E-state index in [1.54, 1.807) is 0 Å². The van der Waals surface area contributed by atoms with E-state index in [2.05, 4.69) is 242 Å². The zero-order chi connectivity index (χ0) is 37.3. The van der Waals surface area contributed by atoms with Crippen molar-refractivity contribution >= 4 is 69.8 Å². The minimum absolute atomic E-state index is 1.13. The summed E-state index contributed by atoms with van der Waals surface area (Å²) in [7, 11) is 8.44. The Balaban J connectivity index is 0.982. The maximum Gasteiger partial charge on any atom is 0.0481 e. The molecule has 4 heteroatoms. The maximum atomic E-state index is 2.24. The van der Waals surface area contributed by atoms with Crippen molar-refractivity contribution in [3.63, 3.8) is 0 Å². The molecule has 0 saturated heterocycles. The largest absolute Gasteiger partial charge is 0.345 e. The van der Waals surface area contributed by atoms with Gasteiger partial charge in [-0.2, -0.15) is 0 Å². The van der Waals surface area contributed by atoms with Crippen LogP contribution in [0.15, 0.2) is 182 Å². The molecule has 0 aliphatic carbocycles. The van der Waals surface area contributed by atoms with Gasteiger partial charge in [0.1, 0.15) is 0 Å². The van der Waals surface area contributed by atoms with E-state index in [0.717, 1.165) is 62.1 Å². The van der Waals surface area contributed by atoms with Gasteiger partial charge in [-0.3, -0.25) is 0 Å². The van der Waals surface area contributed by atoms with Gasteiger partial charge in [-0.25, -0.2) is 0 Å². The molecule has 0 spiro atoms. The third-order valence-corrected chi connectivity index (χ3v) is 9.95. The summed E-state index contributed by atoms with van der Waals surface area (Å²) >= 11 is 0. The molecule has 0 radical (unpaired) electrons. The van der Waals surface area contributed by atoms with E-state index in [-0.39, 0.29) is 0 Å². The van der Waals surface area contributed by atoms with Gasteiger partial charge in [0.25, 0.3) is 0 Å². The van der Waals surface area contributed by atoms with E-state index in [1.807, 2.05) is 12.1 Å². The Morgan fingerprint density at radius 2 is 0.648 bits per heavy atom. The van der Waals surface area contributed by atoms with Crippen LogP contribution in [0.4, 0.5) is 45.5 Å². The summed E-state index contributed by atoms with van der Waals surface area (Å²) in [6, 6.07) is 64.1. The predicted molar refractivity (Wildman–Crippen MR) is 235 cm³/mol. The molecule has 0 saturated carbocycles. The van der Waals surface area contributed by atoms with Gasteiger partial charge in [-0.05, 0) is 113 Å². The van der Waals surface area contributed by atoms with Gasteiger partial charge in [0.2, 0.25) is 0 Å². The van der Waals surface area contributed by atoms with Crippen molar-refractivity contribution in [1.82, 2.24) is 0 Å². The normalized spacial score (nSPS) is 11.2. The van der Waals surface area contributed by atoms with Crippen LogP contribution in [0, 0.1) is 0 Å². The lowest BCUT2D eigenvalue weighted by molar-refractivity contribution is 1.18. The van der Waals surface area contributed by atoms with Crippen LogP contribution in [0.25, 0.3) is 24.3 Å². The average molecular weight is 703 g/mol. The van der Waals surface area contributed by atoms with Gasteiger partial charge in [0, 0.05) is 73.7 Å². The second-order valence-electron chi connectivity index (χ2n) is 13.4. The molecular weight excluding hydrogens is 657 g/mol. The van der Waals surface area contributed by atoms with Gasteiger partial charge in [-0.15, -0.1) is 0 Å². The van der Waals surface area contributed by atoms with Crippen LogP contribution in [-0.4, -0.2) is 28.2 Å². The molecule has 7 aromatic carbocycles. The molecule has 0 unspecified atom stereocenters. The van der Waals surface area contributed by atoms with E-state index in [4.69, 9.17) is 0 Å². The topological polar surface area (TPSA) is 13.0 Å².